The number of carbonyl (C=O) groups excluding carboxylic acids is 1. The molecule has 1 aliphatic rings. The molecule has 32 heavy (non-hydrogen) atoms. The van der Waals surface area contributed by atoms with Crippen LogP contribution in [0, 0.1) is 0 Å². The van der Waals surface area contributed by atoms with Crippen LogP contribution in [-0.2, 0) is 0 Å². The lowest BCUT2D eigenvalue weighted by atomic mass is 9.95. The van der Waals surface area contributed by atoms with Crippen LogP contribution in [0.1, 0.15) is 34.9 Å². The van der Waals surface area contributed by atoms with Gasteiger partial charge in [-0.05, 0) is 25.0 Å². The summed E-state index contributed by atoms with van der Waals surface area (Å²) in [6, 6.07) is 7.92. The summed E-state index contributed by atoms with van der Waals surface area (Å²) in [5.41, 5.74) is 10.5. The van der Waals surface area contributed by atoms with Crippen LogP contribution < -0.4 is 5.73 Å². The lowest BCUT2D eigenvalue weighted by Crippen LogP contribution is -2.38. The summed E-state index contributed by atoms with van der Waals surface area (Å²) >= 11 is 0. The van der Waals surface area contributed by atoms with Gasteiger partial charge in [0.2, 0.25) is 0 Å². The number of likely N-dealkylation sites (tertiary alicyclic amines) is 1. The van der Waals surface area contributed by atoms with Crippen molar-refractivity contribution in [1.29, 1.82) is 0 Å². The summed E-state index contributed by atoms with van der Waals surface area (Å²) in [5.74, 6) is 1.71. The number of nitrogens with two attached hydrogens (primary N) is 1. The van der Waals surface area contributed by atoms with E-state index in [0.717, 1.165) is 46.3 Å². The molecule has 0 radical (unpaired) electrons. The minimum atomic E-state index is 0.0691. The highest BCUT2D eigenvalue weighted by atomic mass is 16.2. The molecule has 6 rings (SSSR count). The number of hydrogen-bond donors (Lipinski definition) is 3. The highest BCUT2D eigenvalue weighted by Crippen LogP contribution is 2.35. The summed E-state index contributed by atoms with van der Waals surface area (Å²) in [6.45, 7) is 1.39. The number of aromatic amines is 2. The Bertz CT molecular complexity index is 1420. The number of rotatable bonds is 3. The normalized spacial score (nSPS) is 15.1. The minimum absolute atomic E-state index is 0.0691. The Kier molecular flexibility index (Phi) is 4.20. The molecule has 0 atom stereocenters. The fraction of sp³-hybridized carbons (Fsp3) is 0.217. The lowest BCUT2D eigenvalue weighted by Gasteiger charge is -2.31. The van der Waals surface area contributed by atoms with Gasteiger partial charge in [0, 0.05) is 54.7 Å². The van der Waals surface area contributed by atoms with E-state index in [1.807, 2.05) is 35.4 Å². The Morgan fingerprint density at radius 1 is 1.19 bits per heavy atom. The van der Waals surface area contributed by atoms with Gasteiger partial charge in [-0.3, -0.25) is 14.3 Å². The molecule has 5 aromatic rings. The van der Waals surface area contributed by atoms with Crippen LogP contribution in [0.4, 0.5) is 5.82 Å². The second-order valence-corrected chi connectivity index (χ2v) is 8.19. The second-order valence-electron chi connectivity index (χ2n) is 8.19. The SMILES string of the molecule is Nc1nccn2c(C3CCN(C(=O)c4cc[nH]c4)CC3)nc(-c3ccc4cn[nH]c4c3)c12. The zero-order valence-corrected chi connectivity index (χ0v) is 17.3. The molecule has 0 spiro atoms. The molecule has 160 valence electrons. The molecule has 4 N–H and O–H groups in total. The molecule has 1 amide bonds. The standard InChI is InChI=1S/C23H22N8O/c24-21-20-19(15-1-2-16-13-27-29-18(16)11-15)28-22(31(20)10-7-26-21)14-4-8-30(9-5-14)23(32)17-3-6-25-12-17/h1-3,6-7,10-14,25H,4-5,8-9H2,(H2,24,26)(H,27,29). The number of fused-ring (bicyclic) bond motifs is 2. The number of carbonyl (C=O) groups is 1. The number of amides is 1. The van der Waals surface area contributed by atoms with Crippen LogP contribution in [0.15, 0.2) is 55.2 Å². The van der Waals surface area contributed by atoms with E-state index < -0.39 is 0 Å². The largest absolute Gasteiger partial charge is 0.382 e. The number of piperidine rings is 1. The molecule has 0 saturated carbocycles. The van der Waals surface area contributed by atoms with E-state index in [9.17, 15) is 4.79 Å². The smallest absolute Gasteiger partial charge is 0.255 e. The van der Waals surface area contributed by atoms with Crippen molar-refractivity contribution in [3.05, 3.63) is 66.6 Å². The van der Waals surface area contributed by atoms with Gasteiger partial charge in [-0.15, -0.1) is 0 Å². The van der Waals surface area contributed by atoms with Crippen molar-refractivity contribution < 1.29 is 4.79 Å². The van der Waals surface area contributed by atoms with Crippen molar-refractivity contribution in [2.45, 2.75) is 18.8 Å². The van der Waals surface area contributed by atoms with E-state index in [-0.39, 0.29) is 11.8 Å². The predicted molar refractivity (Wildman–Crippen MR) is 121 cm³/mol. The topological polar surface area (TPSA) is 121 Å². The van der Waals surface area contributed by atoms with Gasteiger partial charge < -0.3 is 15.6 Å². The molecule has 0 aliphatic carbocycles. The fourth-order valence-electron chi connectivity index (χ4n) is 4.64. The van der Waals surface area contributed by atoms with E-state index >= 15 is 0 Å². The van der Waals surface area contributed by atoms with Crippen LogP contribution >= 0.6 is 0 Å². The number of aromatic nitrogens is 6. The fourth-order valence-corrected chi connectivity index (χ4v) is 4.64. The Hall–Kier alpha value is -4.14. The average Bonchev–Trinajstić information content (AvgIpc) is 3.58. The molecule has 4 aromatic heterocycles. The quantitative estimate of drug-likeness (QED) is 0.409. The van der Waals surface area contributed by atoms with Gasteiger partial charge in [0.15, 0.2) is 0 Å². The number of nitrogens with one attached hydrogen (secondary N) is 2. The third kappa shape index (κ3) is 2.93. The number of nitrogen functional groups attached to an aromatic ring is 1. The van der Waals surface area contributed by atoms with E-state index in [1.54, 1.807) is 24.8 Å². The Labute approximate surface area is 183 Å². The monoisotopic (exact) mass is 426 g/mol. The molecule has 1 aliphatic heterocycles. The van der Waals surface area contributed by atoms with Gasteiger partial charge >= 0.3 is 0 Å². The summed E-state index contributed by atoms with van der Waals surface area (Å²) in [4.78, 5) is 26.9. The number of nitrogens with zero attached hydrogens (tertiary/aromatic N) is 5. The van der Waals surface area contributed by atoms with Crippen LogP contribution in [0.5, 0.6) is 0 Å². The molecule has 9 nitrogen and oxygen atoms in total. The number of imidazole rings is 1. The van der Waals surface area contributed by atoms with E-state index in [2.05, 4.69) is 24.6 Å². The molecule has 1 saturated heterocycles. The number of benzene rings is 1. The third-order valence-electron chi connectivity index (χ3n) is 6.32. The average molecular weight is 426 g/mol. The summed E-state index contributed by atoms with van der Waals surface area (Å²) in [6.07, 6.45) is 10.6. The maximum Gasteiger partial charge on any atom is 0.255 e. The van der Waals surface area contributed by atoms with Crippen LogP contribution in [0.25, 0.3) is 27.7 Å². The van der Waals surface area contributed by atoms with Crippen molar-refractivity contribution in [2.75, 3.05) is 18.8 Å². The van der Waals surface area contributed by atoms with Crippen molar-refractivity contribution in [1.82, 2.24) is 34.4 Å². The predicted octanol–water partition coefficient (Wildman–Crippen LogP) is 3.20. The molecule has 1 fully saturated rings. The second kappa shape index (κ2) is 7.23. The molecule has 5 heterocycles. The van der Waals surface area contributed by atoms with Crippen molar-refractivity contribution in [2.24, 2.45) is 0 Å². The number of anilines is 1. The highest BCUT2D eigenvalue weighted by molar-refractivity contribution is 5.94. The van der Waals surface area contributed by atoms with Crippen molar-refractivity contribution in [3.63, 3.8) is 0 Å². The lowest BCUT2D eigenvalue weighted by molar-refractivity contribution is 0.0711. The van der Waals surface area contributed by atoms with E-state index in [1.165, 1.54) is 0 Å². The maximum absolute atomic E-state index is 12.7. The van der Waals surface area contributed by atoms with Crippen molar-refractivity contribution >= 4 is 28.1 Å². The first-order valence-corrected chi connectivity index (χ1v) is 10.7. The molecule has 1 aromatic carbocycles. The maximum atomic E-state index is 12.7. The summed E-state index contributed by atoms with van der Waals surface area (Å²) in [5, 5.41) is 8.18. The Morgan fingerprint density at radius 3 is 2.88 bits per heavy atom. The first-order valence-electron chi connectivity index (χ1n) is 10.7. The highest BCUT2D eigenvalue weighted by Gasteiger charge is 2.29. The Morgan fingerprint density at radius 2 is 2.06 bits per heavy atom. The summed E-state index contributed by atoms with van der Waals surface area (Å²) < 4.78 is 2.06. The van der Waals surface area contributed by atoms with Gasteiger partial charge in [-0.1, -0.05) is 12.1 Å². The van der Waals surface area contributed by atoms with Gasteiger partial charge in [0.1, 0.15) is 22.9 Å². The number of H-pyrrole nitrogens is 2. The van der Waals surface area contributed by atoms with Crippen molar-refractivity contribution in [3.8, 4) is 11.3 Å². The van der Waals surface area contributed by atoms with Crippen LogP contribution in [-0.4, -0.2) is 53.4 Å². The molecular formula is C23H22N8O. The van der Waals surface area contributed by atoms with Gasteiger partial charge in [-0.25, -0.2) is 9.97 Å². The molecule has 0 bridgehead atoms. The molecular weight excluding hydrogens is 404 g/mol. The van der Waals surface area contributed by atoms with Gasteiger partial charge in [-0.2, -0.15) is 5.10 Å². The minimum Gasteiger partial charge on any atom is -0.382 e. The number of hydrogen-bond acceptors (Lipinski definition) is 5. The first kappa shape index (κ1) is 18.6. The molecule has 0 unspecified atom stereocenters. The molecule has 9 heteroatoms. The van der Waals surface area contributed by atoms with Gasteiger partial charge in [0.05, 0.1) is 17.3 Å². The van der Waals surface area contributed by atoms with Crippen LogP contribution in [0.2, 0.25) is 0 Å². The third-order valence-corrected chi connectivity index (χ3v) is 6.32. The van der Waals surface area contributed by atoms with Gasteiger partial charge in [0.25, 0.3) is 5.91 Å². The van der Waals surface area contributed by atoms with Crippen LogP contribution in [0.3, 0.4) is 0 Å². The Balaban J connectivity index is 1.35. The first-order chi connectivity index (χ1) is 15.7. The summed E-state index contributed by atoms with van der Waals surface area (Å²) in [7, 11) is 0. The zero-order valence-electron chi connectivity index (χ0n) is 17.3. The zero-order chi connectivity index (χ0) is 21.7. The van der Waals surface area contributed by atoms with E-state index in [0.29, 0.717) is 24.5 Å². The van der Waals surface area contributed by atoms with E-state index in [4.69, 9.17) is 10.7 Å².